The Kier molecular flexibility index (Phi) is 7.67. The van der Waals surface area contributed by atoms with Crippen molar-refractivity contribution in [3.63, 3.8) is 0 Å². The Morgan fingerprint density at radius 1 is 0.879 bits per heavy atom. The van der Waals surface area contributed by atoms with Gasteiger partial charge in [0.25, 0.3) is 10.0 Å². The van der Waals surface area contributed by atoms with Crippen LogP contribution in [0, 0.1) is 0 Å². The molecule has 0 radical (unpaired) electrons. The predicted molar refractivity (Wildman–Crippen MR) is 127 cm³/mol. The van der Waals surface area contributed by atoms with E-state index in [1.54, 1.807) is 36.4 Å². The summed E-state index contributed by atoms with van der Waals surface area (Å²) >= 11 is 5.98. The van der Waals surface area contributed by atoms with Gasteiger partial charge in [0.05, 0.1) is 37.6 Å². The molecular weight excluding hydrogens is 468 g/mol. The van der Waals surface area contributed by atoms with Crippen LogP contribution >= 0.6 is 11.6 Å². The molecule has 0 atom stereocenters. The molecular formula is C23H23ClN2O6S. The maximum absolute atomic E-state index is 13.6. The highest BCUT2D eigenvalue weighted by molar-refractivity contribution is 7.92. The number of carbonyl (C=O) groups excluding carboxylic acids is 1. The average molecular weight is 491 g/mol. The number of hydrogen-bond donors (Lipinski definition) is 1. The van der Waals surface area contributed by atoms with Crippen molar-refractivity contribution < 1.29 is 27.4 Å². The van der Waals surface area contributed by atoms with E-state index in [1.165, 1.54) is 51.7 Å². The number of hydrogen-bond acceptors (Lipinski definition) is 6. The first-order valence-corrected chi connectivity index (χ1v) is 11.5. The Morgan fingerprint density at radius 3 is 2.15 bits per heavy atom. The minimum Gasteiger partial charge on any atom is -0.495 e. The third-order valence-corrected chi connectivity index (χ3v) is 6.75. The van der Waals surface area contributed by atoms with E-state index >= 15 is 0 Å². The number of sulfonamides is 1. The van der Waals surface area contributed by atoms with Gasteiger partial charge in [-0.1, -0.05) is 23.7 Å². The van der Waals surface area contributed by atoms with Crippen molar-refractivity contribution >= 4 is 38.9 Å². The molecule has 1 amide bonds. The van der Waals surface area contributed by atoms with Crippen LogP contribution in [0.5, 0.6) is 17.2 Å². The second-order valence-electron chi connectivity index (χ2n) is 6.75. The van der Waals surface area contributed by atoms with Crippen LogP contribution in [0.15, 0.2) is 71.6 Å². The second-order valence-corrected chi connectivity index (χ2v) is 9.05. The summed E-state index contributed by atoms with van der Waals surface area (Å²) in [6, 6.07) is 17.2. The van der Waals surface area contributed by atoms with Crippen LogP contribution < -0.4 is 23.8 Å². The summed E-state index contributed by atoms with van der Waals surface area (Å²) in [6.45, 7) is -0.490. The summed E-state index contributed by atoms with van der Waals surface area (Å²) in [5, 5.41) is 3.13. The number of para-hydroxylation sites is 2. The van der Waals surface area contributed by atoms with E-state index in [0.717, 1.165) is 4.31 Å². The molecule has 3 rings (SSSR count). The fraction of sp³-hybridized carbons (Fsp3) is 0.174. The zero-order chi connectivity index (χ0) is 24.0. The van der Waals surface area contributed by atoms with Crippen LogP contribution in [-0.4, -0.2) is 42.2 Å². The van der Waals surface area contributed by atoms with Crippen molar-refractivity contribution in [3.05, 3.63) is 71.8 Å². The summed E-state index contributed by atoms with van der Waals surface area (Å²) < 4.78 is 43.8. The Balaban J connectivity index is 1.99. The highest BCUT2D eigenvalue weighted by atomic mass is 35.5. The Hall–Kier alpha value is -3.43. The molecule has 0 saturated heterocycles. The van der Waals surface area contributed by atoms with Gasteiger partial charge in [-0.3, -0.25) is 9.10 Å². The molecule has 0 bridgehead atoms. The standard InChI is InChI=1S/C23H23ClN2O6S/c1-30-20-7-5-4-6-19(20)25-23(27)15-26(17-10-8-16(24)9-11-17)33(28,29)18-12-13-21(31-2)22(14-18)32-3/h4-14H,15H2,1-3H3,(H,25,27). The van der Waals surface area contributed by atoms with Crippen LogP contribution in [0.25, 0.3) is 0 Å². The van der Waals surface area contributed by atoms with Gasteiger partial charge in [0, 0.05) is 11.1 Å². The SMILES string of the molecule is COc1ccccc1NC(=O)CN(c1ccc(Cl)cc1)S(=O)(=O)c1ccc(OC)c(OC)c1. The number of amides is 1. The van der Waals surface area contributed by atoms with Crippen molar-refractivity contribution in [2.24, 2.45) is 0 Å². The molecule has 3 aromatic rings. The number of nitrogens with one attached hydrogen (secondary N) is 1. The molecule has 0 aliphatic carbocycles. The van der Waals surface area contributed by atoms with E-state index in [1.807, 2.05) is 0 Å². The number of methoxy groups -OCH3 is 3. The molecule has 3 aromatic carbocycles. The number of halogens is 1. The molecule has 0 fully saturated rings. The lowest BCUT2D eigenvalue weighted by Gasteiger charge is -2.24. The average Bonchev–Trinajstić information content (AvgIpc) is 2.83. The molecule has 0 aliphatic heterocycles. The number of nitrogens with zero attached hydrogens (tertiary/aromatic N) is 1. The first-order valence-electron chi connectivity index (χ1n) is 9.73. The van der Waals surface area contributed by atoms with E-state index in [2.05, 4.69) is 5.32 Å². The van der Waals surface area contributed by atoms with E-state index in [0.29, 0.717) is 22.2 Å². The van der Waals surface area contributed by atoms with E-state index in [-0.39, 0.29) is 16.3 Å². The maximum Gasteiger partial charge on any atom is 0.264 e. The summed E-state index contributed by atoms with van der Waals surface area (Å²) in [4.78, 5) is 12.8. The number of benzene rings is 3. The van der Waals surface area contributed by atoms with Gasteiger partial charge >= 0.3 is 0 Å². The van der Waals surface area contributed by atoms with Crippen molar-refractivity contribution in [2.45, 2.75) is 4.90 Å². The van der Waals surface area contributed by atoms with Gasteiger partial charge in [0.1, 0.15) is 12.3 Å². The fourth-order valence-corrected chi connectivity index (χ4v) is 4.66. The van der Waals surface area contributed by atoms with Crippen LogP contribution in [-0.2, 0) is 14.8 Å². The molecule has 8 nitrogen and oxygen atoms in total. The highest BCUT2D eigenvalue weighted by Crippen LogP contribution is 2.32. The topological polar surface area (TPSA) is 94.2 Å². The second kappa shape index (κ2) is 10.5. The van der Waals surface area contributed by atoms with Gasteiger partial charge in [-0.15, -0.1) is 0 Å². The van der Waals surface area contributed by atoms with E-state index < -0.39 is 22.5 Å². The quantitative estimate of drug-likeness (QED) is 0.483. The van der Waals surface area contributed by atoms with Gasteiger partial charge in [-0.25, -0.2) is 8.42 Å². The van der Waals surface area contributed by atoms with Gasteiger partial charge in [0.15, 0.2) is 11.5 Å². The monoisotopic (exact) mass is 490 g/mol. The lowest BCUT2D eigenvalue weighted by atomic mass is 10.3. The molecule has 0 saturated carbocycles. The number of anilines is 2. The fourth-order valence-electron chi connectivity index (χ4n) is 3.09. The summed E-state index contributed by atoms with van der Waals surface area (Å²) in [6.07, 6.45) is 0. The Morgan fingerprint density at radius 2 is 1.52 bits per heavy atom. The molecule has 0 aromatic heterocycles. The third kappa shape index (κ3) is 5.50. The molecule has 0 unspecified atom stereocenters. The lowest BCUT2D eigenvalue weighted by molar-refractivity contribution is -0.114. The van der Waals surface area contributed by atoms with Gasteiger partial charge in [0.2, 0.25) is 5.91 Å². The van der Waals surface area contributed by atoms with Crippen molar-refractivity contribution in [2.75, 3.05) is 37.5 Å². The van der Waals surface area contributed by atoms with E-state index in [9.17, 15) is 13.2 Å². The number of rotatable bonds is 9. The molecule has 0 aliphatic rings. The maximum atomic E-state index is 13.6. The van der Waals surface area contributed by atoms with Crippen LogP contribution in [0.1, 0.15) is 0 Å². The molecule has 33 heavy (non-hydrogen) atoms. The Bertz CT molecular complexity index is 1230. The number of ether oxygens (including phenoxy) is 3. The summed E-state index contributed by atoms with van der Waals surface area (Å²) in [7, 11) is 0.175. The molecule has 174 valence electrons. The van der Waals surface area contributed by atoms with Crippen LogP contribution in [0.4, 0.5) is 11.4 Å². The normalized spacial score (nSPS) is 10.9. The molecule has 1 N–H and O–H groups in total. The van der Waals surface area contributed by atoms with Crippen LogP contribution in [0.2, 0.25) is 5.02 Å². The van der Waals surface area contributed by atoms with Crippen molar-refractivity contribution in [1.29, 1.82) is 0 Å². The van der Waals surface area contributed by atoms with E-state index in [4.69, 9.17) is 25.8 Å². The smallest absolute Gasteiger partial charge is 0.264 e. The zero-order valence-corrected chi connectivity index (χ0v) is 19.8. The van der Waals surface area contributed by atoms with Crippen molar-refractivity contribution in [1.82, 2.24) is 0 Å². The number of carbonyl (C=O) groups is 1. The molecule has 0 spiro atoms. The minimum absolute atomic E-state index is 0.0693. The lowest BCUT2D eigenvalue weighted by Crippen LogP contribution is -2.38. The largest absolute Gasteiger partial charge is 0.495 e. The van der Waals surface area contributed by atoms with Crippen LogP contribution in [0.3, 0.4) is 0 Å². The Labute approximate surface area is 197 Å². The zero-order valence-electron chi connectivity index (χ0n) is 18.2. The van der Waals surface area contributed by atoms with Gasteiger partial charge < -0.3 is 19.5 Å². The molecule has 10 heteroatoms. The van der Waals surface area contributed by atoms with Gasteiger partial charge in [-0.05, 0) is 48.5 Å². The first kappa shape index (κ1) is 24.2. The van der Waals surface area contributed by atoms with Gasteiger partial charge in [-0.2, -0.15) is 0 Å². The molecule has 0 heterocycles. The third-order valence-electron chi connectivity index (χ3n) is 4.73. The summed E-state index contributed by atoms with van der Waals surface area (Å²) in [5.74, 6) is 0.515. The predicted octanol–water partition coefficient (Wildman–Crippen LogP) is 4.20. The minimum atomic E-state index is -4.16. The van der Waals surface area contributed by atoms with Crippen molar-refractivity contribution in [3.8, 4) is 17.2 Å². The first-order chi connectivity index (χ1) is 15.8. The summed E-state index contributed by atoms with van der Waals surface area (Å²) in [5.41, 5.74) is 0.689. The highest BCUT2D eigenvalue weighted by Gasteiger charge is 2.28.